The zero-order chi connectivity index (χ0) is 17.9. The summed E-state index contributed by atoms with van der Waals surface area (Å²) in [5.41, 5.74) is 2.74. The Balaban J connectivity index is 0.00000243. The van der Waals surface area contributed by atoms with Crippen LogP contribution in [0.2, 0.25) is 0 Å². The second-order valence-corrected chi connectivity index (χ2v) is 9.39. The number of ether oxygens (including phenoxy) is 1. The van der Waals surface area contributed by atoms with Gasteiger partial charge in [0.1, 0.15) is 5.75 Å². The number of halogens is 1. The van der Waals surface area contributed by atoms with E-state index in [1.807, 2.05) is 6.07 Å². The van der Waals surface area contributed by atoms with Gasteiger partial charge in [-0.15, -0.1) is 12.4 Å². The van der Waals surface area contributed by atoms with Crippen LogP contribution in [0.25, 0.3) is 0 Å². The normalized spacial score (nSPS) is 24.7. The number of nitrogens with zero attached hydrogens (tertiary/aromatic N) is 1. The first-order chi connectivity index (χ1) is 12.0. The molecule has 1 atom stereocenters. The number of rotatable bonds is 7. The summed E-state index contributed by atoms with van der Waals surface area (Å²) in [7, 11) is -1.27. The van der Waals surface area contributed by atoms with Gasteiger partial charge in [-0.3, -0.25) is 0 Å². The number of hydrogen-bond acceptors (Lipinski definition) is 4. The fraction of sp³-hybridized carbons (Fsp3) is 0.684. The van der Waals surface area contributed by atoms with Crippen LogP contribution >= 0.6 is 12.4 Å². The Bertz CT molecular complexity index is 696. The number of methoxy groups -OCH3 is 1. The average Bonchev–Trinajstić information content (AvgIpc) is 2.93. The standard InChI is InChI=1S/C19H30N2O3S.ClH/c1-3-9-19(20-11-13-21-12-5-14-25(21,22)23)10-8-16-6-4-7-18(24-2)17(16)15-19;/h4,6-7,20H,3,5,8-15H2,1-2H3;1H. The molecule has 1 fully saturated rings. The predicted octanol–water partition coefficient (Wildman–Crippen LogP) is 2.77. The van der Waals surface area contributed by atoms with Crippen molar-refractivity contribution in [3.63, 3.8) is 0 Å². The molecule has 1 saturated heterocycles. The van der Waals surface area contributed by atoms with E-state index in [-0.39, 0.29) is 17.9 Å². The van der Waals surface area contributed by atoms with Crippen LogP contribution in [0.1, 0.15) is 43.7 Å². The van der Waals surface area contributed by atoms with Crippen LogP contribution in [0, 0.1) is 0 Å². The molecule has 0 radical (unpaired) electrons. The fourth-order valence-electron chi connectivity index (χ4n) is 4.36. The van der Waals surface area contributed by atoms with E-state index in [9.17, 15) is 8.42 Å². The van der Waals surface area contributed by atoms with Crippen molar-refractivity contribution in [2.75, 3.05) is 32.5 Å². The van der Waals surface area contributed by atoms with E-state index in [2.05, 4.69) is 24.4 Å². The van der Waals surface area contributed by atoms with E-state index < -0.39 is 10.0 Å². The molecule has 0 spiro atoms. The van der Waals surface area contributed by atoms with E-state index in [0.717, 1.165) is 44.3 Å². The lowest BCUT2D eigenvalue weighted by Gasteiger charge is -2.40. The third-order valence-corrected chi connectivity index (χ3v) is 7.59. The Hall–Kier alpha value is -0.820. The number of benzene rings is 1. The maximum atomic E-state index is 12.0. The average molecular weight is 403 g/mol. The van der Waals surface area contributed by atoms with Crippen molar-refractivity contribution in [3.8, 4) is 5.75 Å². The van der Waals surface area contributed by atoms with Crippen LogP contribution in [-0.4, -0.2) is 50.8 Å². The molecule has 26 heavy (non-hydrogen) atoms. The molecule has 0 amide bonds. The van der Waals surface area contributed by atoms with Crippen LogP contribution in [0.5, 0.6) is 5.75 Å². The summed E-state index contributed by atoms with van der Waals surface area (Å²) in [5.74, 6) is 1.28. The lowest BCUT2D eigenvalue weighted by Crippen LogP contribution is -2.51. The van der Waals surface area contributed by atoms with Crippen LogP contribution < -0.4 is 10.1 Å². The minimum Gasteiger partial charge on any atom is -0.496 e. The summed E-state index contributed by atoms with van der Waals surface area (Å²) < 4.78 is 31.2. The maximum Gasteiger partial charge on any atom is 0.214 e. The van der Waals surface area contributed by atoms with Gasteiger partial charge < -0.3 is 10.1 Å². The summed E-state index contributed by atoms with van der Waals surface area (Å²) >= 11 is 0. The van der Waals surface area contributed by atoms with Gasteiger partial charge in [-0.2, -0.15) is 0 Å². The van der Waals surface area contributed by atoms with Crippen LogP contribution in [0.4, 0.5) is 0 Å². The van der Waals surface area contributed by atoms with E-state index >= 15 is 0 Å². The smallest absolute Gasteiger partial charge is 0.214 e. The van der Waals surface area contributed by atoms with Crippen molar-refractivity contribution in [2.45, 2.75) is 51.0 Å². The van der Waals surface area contributed by atoms with Crippen molar-refractivity contribution in [2.24, 2.45) is 0 Å². The first-order valence-corrected chi connectivity index (χ1v) is 11.0. The molecule has 7 heteroatoms. The summed E-state index contributed by atoms with van der Waals surface area (Å²) in [6, 6.07) is 6.30. The SMILES string of the molecule is CCCC1(NCCN2CCCS2(=O)=O)CCc2cccc(OC)c2C1.Cl. The summed E-state index contributed by atoms with van der Waals surface area (Å²) in [6.07, 6.45) is 6.05. The van der Waals surface area contributed by atoms with Crippen molar-refractivity contribution >= 4 is 22.4 Å². The molecule has 1 heterocycles. The molecular formula is C19H31ClN2O3S. The first-order valence-electron chi connectivity index (χ1n) is 9.37. The third-order valence-electron chi connectivity index (χ3n) is 5.63. The molecule has 148 valence electrons. The Morgan fingerprint density at radius 1 is 1.35 bits per heavy atom. The van der Waals surface area contributed by atoms with Gasteiger partial charge in [-0.1, -0.05) is 25.5 Å². The Morgan fingerprint density at radius 2 is 2.15 bits per heavy atom. The van der Waals surface area contributed by atoms with Gasteiger partial charge in [-0.05, 0) is 49.3 Å². The summed E-state index contributed by atoms with van der Waals surface area (Å²) in [5, 5.41) is 3.73. The highest BCUT2D eigenvalue weighted by Gasteiger charge is 2.35. The molecule has 1 unspecified atom stereocenters. The lowest BCUT2D eigenvalue weighted by molar-refractivity contribution is 0.252. The highest BCUT2D eigenvalue weighted by Crippen LogP contribution is 2.36. The molecule has 0 aromatic heterocycles. The predicted molar refractivity (Wildman–Crippen MR) is 108 cm³/mol. The van der Waals surface area contributed by atoms with Gasteiger partial charge in [0, 0.05) is 25.2 Å². The minimum absolute atomic E-state index is 0. The van der Waals surface area contributed by atoms with Gasteiger partial charge in [0.05, 0.1) is 12.9 Å². The number of sulfonamides is 1. The van der Waals surface area contributed by atoms with E-state index in [1.54, 1.807) is 11.4 Å². The highest BCUT2D eigenvalue weighted by molar-refractivity contribution is 7.89. The second kappa shape index (κ2) is 8.91. The number of hydrogen-bond donors (Lipinski definition) is 1. The second-order valence-electron chi connectivity index (χ2n) is 7.30. The van der Waals surface area contributed by atoms with Crippen molar-refractivity contribution in [1.29, 1.82) is 0 Å². The Kier molecular flexibility index (Phi) is 7.36. The van der Waals surface area contributed by atoms with Gasteiger partial charge >= 0.3 is 0 Å². The third kappa shape index (κ3) is 4.53. The van der Waals surface area contributed by atoms with Gasteiger partial charge in [0.15, 0.2) is 0 Å². The van der Waals surface area contributed by atoms with Crippen molar-refractivity contribution < 1.29 is 13.2 Å². The molecule has 1 N–H and O–H groups in total. The van der Waals surface area contributed by atoms with Crippen LogP contribution in [0.3, 0.4) is 0 Å². The number of aryl methyl sites for hydroxylation is 1. The fourth-order valence-corrected chi connectivity index (χ4v) is 5.89. The van der Waals surface area contributed by atoms with Gasteiger partial charge in [0.2, 0.25) is 10.0 Å². The highest BCUT2D eigenvalue weighted by atomic mass is 35.5. The van der Waals surface area contributed by atoms with E-state index in [1.165, 1.54) is 11.1 Å². The van der Waals surface area contributed by atoms with E-state index in [4.69, 9.17) is 4.74 Å². The first kappa shape index (κ1) is 21.5. The molecule has 0 saturated carbocycles. The lowest BCUT2D eigenvalue weighted by atomic mass is 9.75. The maximum absolute atomic E-state index is 12.0. The zero-order valence-corrected chi connectivity index (χ0v) is 17.4. The van der Waals surface area contributed by atoms with Crippen LogP contribution in [-0.2, 0) is 22.9 Å². The zero-order valence-electron chi connectivity index (χ0n) is 15.8. The molecule has 1 aliphatic carbocycles. The molecule has 2 aliphatic rings. The molecule has 3 rings (SSSR count). The molecule has 1 aromatic rings. The molecule has 5 nitrogen and oxygen atoms in total. The van der Waals surface area contributed by atoms with Gasteiger partial charge in [-0.25, -0.2) is 12.7 Å². The quantitative estimate of drug-likeness (QED) is 0.761. The number of fused-ring (bicyclic) bond motifs is 1. The molecule has 1 aliphatic heterocycles. The monoisotopic (exact) mass is 402 g/mol. The minimum atomic E-state index is -3.01. The summed E-state index contributed by atoms with van der Waals surface area (Å²) in [6.45, 7) is 4.17. The largest absolute Gasteiger partial charge is 0.496 e. The van der Waals surface area contributed by atoms with E-state index in [0.29, 0.717) is 25.4 Å². The molecule has 1 aromatic carbocycles. The number of nitrogens with one attached hydrogen (secondary N) is 1. The topological polar surface area (TPSA) is 58.6 Å². The summed E-state index contributed by atoms with van der Waals surface area (Å²) in [4.78, 5) is 0. The van der Waals surface area contributed by atoms with Crippen molar-refractivity contribution in [3.05, 3.63) is 29.3 Å². The van der Waals surface area contributed by atoms with Crippen molar-refractivity contribution in [1.82, 2.24) is 9.62 Å². The molecule has 0 bridgehead atoms. The Morgan fingerprint density at radius 3 is 2.81 bits per heavy atom. The molecular weight excluding hydrogens is 372 g/mol. The Labute approximate surface area is 164 Å². The van der Waals surface area contributed by atoms with Gasteiger partial charge in [0.25, 0.3) is 0 Å². The van der Waals surface area contributed by atoms with Crippen LogP contribution in [0.15, 0.2) is 18.2 Å².